The molecule has 3 heteroatoms. The maximum absolute atomic E-state index is 11.8. The van der Waals surface area contributed by atoms with Gasteiger partial charge in [-0.05, 0) is 12.5 Å². The van der Waals surface area contributed by atoms with Crippen LogP contribution in [-0.4, -0.2) is 12.3 Å². The van der Waals surface area contributed by atoms with E-state index in [-0.39, 0.29) is 0 Å². The minimum Gasteiger partial charge on any atom is -0.224 e. The van der Waals surface area contributed by atoms with E-state index in [1.54, 1.807) is 31.2 Å². The van der Waals surface area contributed by atoms with E-state index in [0.29, 0.717) is 5.71 Å². The van der Waals surface area contributed by atoms with Crippen molar-refractivity contribution in [3.8, 4) is 0 Å². The Labute approximate surface area is 69.8 Å². The summed E-state index contributed by atoms with van der Waals surface area (Å²) in [6.07, 6.45) is 0. The first-order valence-corrected chi connectivity index (χ1v) is 3.58. The van der Waals surface area contributed by atoms with Crippen molar-refractivity contribution in [2.75, 3.05) is 0 Å². The zero-order valence-electron chi connectivity index (χ0n) is 6.67. The third kappa shape index (κ3) is 2.42. The summed E-state index contributed by atoms with van der Waals surface area (Å²) in [5, 5.41) is 0. The zero-order chi connectivity index (χ0) is 8.97. The van der Waals surface area contributed by atoms with Gasteiger partial charge in [0.2, 0.25) is 0 Å². The van der Waals surface area contributed by atoms with Gasteiger partial charge in [-0.1, -0.05) is 30.3 Å². The van der Waals surface area contributed by atoms with Crippen molar-refractivity contribution in [3.63, 3.8) is 0 Å². The van der Waals surface area contributed by atoms with Crippen LogP contribution in [0.4, 0.5) is 8.78 Å². The van der Waals surface area contributed by atoms with E-state index < -0.39 is 6.55 Å². The van der Waals surface area contributed by atoms with Crippen LogP contribution in [0.2, 0.25) is 0 Å². The van der Waals surface area contributed by atoms with Gasteiger partial charge in [-0.2, -0.15) is 8.78 Å². The van der Waals surface area contributed by atoms with Gasteiger partial charge in [-0.15, -0.1) is 0 Å². The fourth-order valence-corrected chi connectivity index (χ4v) is 0.900. The molecule has 0 spiro atoms. The van der Waals surface area contributed by atoms with Crippen LogP contribution in [0.1, 0.15) is 12.5 Å². The number of alkyl halides is 2. The molecule has 0 fully saturated rings. The largest absolute Gasteiger partial charge is 0.332 e. The Morgan fingerprint density at radius 1 is 1.25 bits per heavy atom. The van der Waals surface area contributed by atoms with Gasteiger partial charge in [0.1, 0.15) is 0 Å². The molecule has 1 aromatic rings. The summed E-state index contributed by atoms with van der Waals surface area (Å²) < 4.78 is 23.6. The average molecular weight is 169 g/mol. The van der Waals surface area contributed by atoms with Crippen molar-refractivity contribution in [2.45, 2.75) is 13.5 Å². The van der Waals surface area contributed by atoms with Crippen LogP contribution in [0, 0.1) is 0 Å². The number of aliphatic imine (C=N–C) groups is 1. The number of halogens is 2. The molecule has 0 saturated heterocycles. The Hall–Kier alpha value is -1.25. The van der Waals surface area contributed by atoms with Gasteiger partial charge in [-0.3, -0.25) is 0 Å². The van der Waals surface area contributed by atoms with Gasteiger partial charge in [0.15, 0.2) is 0 Å². The van der Waals surface area contributed by atoms with Gasteiger partial charge in [-0.25, -0.2) is 4.99 Å². The highest BCUT2D eigenvalue weighted by atomic mass is 19.3. The third-order valence-corrected chi connectivity index (χ3v) is 1.48. The lowest BCUT2D eigenvalue weighted by molar-refractivity contribution is 0.160. The molecule has 1 rings (SSSR count). The minimum atomic E-state index is -2.62. The summed E-state index contributed by atoms with van der Waals surface area (Å²) in [5.74, 6) is 0. The Morgan fingerprint density at radius 3 is 2.33 bits per heavy atom. The molecule has 1 nitrogen and oxygen atoms in total. The van der Waals surface area contributed by atoms with Gasteiger partial charge < -0.3 is 0 Å². The summed E-state index contributed by atoms with van der Waals surface area (Å²) in [5.41, 5.74) is 1.10. The minimum absolute atomic E-state index is 0.366. The Bertz CT molecular complexity index is 267. The molecule has 0 aliphatic carbocycles. The highest BCUT2D eigenvalue weighted by molar-refractivity contribution is 5.98. The van der Waals surface area contributed by atoms with Gasteiger partial charge >= 0.3 is 6.55 Å². The van der Waals surface area contributed by atoms with Gasteiger partial charge in [0.05, 0.1) is 0 Å². The maximum Gasteiger partial charge on any atom is 0.332 e. The fraction of sp³-hybridized carbons (Fsp3) is 0.222. The smallest absolute Gasteiger partial charge is 0.224 e. The molecule has 0 amide bonds. The van der Waals surface area contributed by atoms with Crippen molar-refractivity contribution in [1.82, 2.24) is 0 Å². The lowest BCUT2D eigenvalue weighted by Crippen LogP contribution is -1.97. The molecule has 64 valence electrons. The molecule has 0 radical (unpaired) electrons. The second kappa shape index (κ2) is 3.95. The first-order chi connectivity index (χ1) is 5.70. The van der Waals surface area contributed by atoms with E-state index in [9.17, 15) is 8.78 Å². The summed E-state index contributed by atoms with van der Waals surface area (Å²) in [7, 11) is 0. The van der Waals surface area contributed by atoms with Crippen molar-refractivity contribution < 1.29 is 8.78 Å². The monoisotopic (exact) mass is 169 g/mol. The van der Waals surface area contributed by atoms with Crippen molar-refractivity contribution in [2.24, 2.45) is 4.99 Å². The molecule has 0 bridgehead atoms. The Kier molecular flexibility index (Phi) is 2.91. The quantitative estimate of drug-likeness (QED) is 0.476. The normalized spacial score (nSPS) is 12.2. The number of hydrogen-bond donors (Lipinski definition) is 0. The lowest BCUT2D eigenvalue weighted by atomic mass is 10.1. The number of hydrogen-bond acceptors (Lipinski definition) is 1. The molecule has 0 atom stereocenters. The van der Waals surface area contributed by atoms with Crippen LogP contribution < -0.4 is 0 Å². The molecule has 0 aliphatic heterocycles. The van der Waals surface area contributed by atoms with E-state index in [4.69, 9.17) is 0 Å². The summed E-state index contributed by atoms with van der Waals surface area (Å²) in [6.45, 7) is -1.05. The number of rotatable bonds is 2. The number of benzene rings is 1. The summed E-state index contributed by atoms with van der Waals surface area (Å²) in [6, 6.07) is 8.92. The molecule has 0 N–H and O–H groups in total. The van der Waals surface area contributed by atoms with Crippen LogP contribution in [-0.2, 0) is 0 Å². The van der Waals surface area contributed by atoms with Crippen LogP contribution in [0.5, 0.6) is 0 Å². The van der Waals surface area contributed by atoms with Crippen LogP contribution >= 0.6 is 0 Å². The highest BCUT2D eigenvalue weighted by Crippen LogP contribution is 2.03. The molecule has 1 aromatic carbocycles. The predicted octanol–water partition coefficient (Wildman–Crippen LogP) is 2.72. The lowest BCUT2D eigenvalue weighted by Gasteiger charge is -1.98. The molecular formula is C9H9F2N. The molecular weight excluding hydrogens is 160 g/mol. The SMILES string of the molecule is C/C(=N\C(F)F)c1ccccc1. The topological polar surface area (TPSA) is 12.4 Å². The number of nitrogens with zero attached hydrogens (tertiary/aromatic N) is 1. The first-order valence-electron chi connectivity index (χ1n) is 3.58. The maximum atomic E-state index is 11.8. The van der Waals surface area contributed by atoms with E-state index in [0.717, 1.165) is 5.56 Å². The van der Waals surface area contributed by atoms with Gasteiger partial charge in [0, 0.05) is 5.71 Å². The predicted molar refractivity (Wildman–Crippen MR) is 44.7 cm³/mol. The molecule has 0 unspecified atom stereocenters. The Morgan fingerprint density at radius 2 is 1.83 bits per heavy atom. The standard InChI is InChI=1S/C9H9F2N/c1-7(12-9(10)11)8-5-3-2-4-6-8/h2-6,9H,1H3/b12-7+. The van der Waals surface area contributed by atoms with E-state index in [1.165, 1.54) is 0 Å². The molecule has 12 heavy (non-hydrogen) atoms. The van der Waals surface area contributed by atoms with Crippen LogP contribution in [0.25, 0.3) is 0 Å². The van der Waals surface area contributed by atoms with Crippen molar-refractivity contribution >= 4 is 5.71 Å². The third-order valence-electron chi connectivity index (χ3n) is 1.48. The second-order valence-electron chi connectivity index (χ2n) is 2.36. The first kappa shape index (κ1) is 8.84. The van der Waals surface area contributed by atoms with Crippen molar-refractivity contribution in [1.29, 1.82) is 0 Å². The van der Waals surface area contributed by atoms with Crippen LogP contribution in [0.3, 0.4) is 0 Å². The van der Waals surface area contributed by atoms with Gasteiger partial charge in [0.25, 0.3) is 0 Å². The summed E-state index contributed by atoms with van der Waals surface area (Å²) in [4.78, 5) is 3.13. The van der Waals surface area contributed by atoms with E-state index in [2.05, 4.69) is 4.99 Å². The fourth-order valence-electron chi connectivity index (χ4n) is 0.900. The highest BCUT2D eigenvalue weighted by Gasteiger charge is 2.00. The van der Waals surface area contributed by atoms with E-state index in [1.807, 2.05) is 6.07 Å². The molecule has 0 aliphatic rings. The average Bonchev–Trinajstić information content (AvgIpc) is 2.05. The Balaban J connectivity index is 2.85. The molecule has 0 heterocycles. The van der Waals surface area contributed by atoms with Crippen molar-refractivity contribution in [3.05, 3.63) is 35.9 Å². The molecule has 0 aromatic heterocycles. The zero-order valence-corrected chi connectivity index (χ0v) is 6.67. The second-order valence-corrected chi connectivity index (χ2v) is 2.36. The molecule has 0 saturated carbocycles. The van der Waals surface area contributed by atoms with Crippen LogP contribution in [0.15, 0.2) is 35.3 Å². The summed E-state index contributed by atoms with van der Waals surface area (Å²) >= 11 is 0. The van der Waals surface area contributed by atoms with E-state index >= 15 is 0 Å².